The predicted molar refractivity (Wildman–Crippen MR) is 155 cm³/mol. The number of carbonyl (C=O) groups is 2. The Morgan fingerprint density at radius 2 is 1.50 bits per heavy atom. The molecule has 0 bridgehead atoms. The first-order chi connectivity index (χ1) is 19.5. The van der Waals surface area contributed by atoms with E-state index < -0.39 is 11.8 Å². The Balaban J connectivity index is 1.51. The van der Waals surface area contributed by atoms with Crippen LogP contribution in [0.3, 0.4) is 0 Å². The lowest BCUT2D eigenvalue weighted by Crippen LogP contribution is -2.42. The molecule has 0 spiro atoms. The number of imide groups is 1. The van der Waals surface area contributed by atoms with E-state index in [-0.39, 0.29) is 12.1 Å². The van der Waals surface area contributed by atoms with E-state index >= 15 is 0 Å². The highest BCUT2D eigenvalue weighted by Gasteiger charge is 2.35. The van der Waals surface area contributed by atoms with Crippen molar-refractivity contribution in [3.63, 3.8) is 0 Å². The third kappa shape index (κ3) is 4.50. The lowest BCUT2D eigenvalue weighted by Gasteiger charge is -2.27. The van der Waals surface area contributed by atoms with Crippen molar-refractivity contribution < 1.29 is 9.59 Å². The number of benzene rings is 4. The number of rotatable bonds is 5. The largest absolute Gasteiger partial charge is 0.271 e. The summed E-state index contributed by atoms with van der Waals surface area (Å²) in [6.45, 7) is 1.73. The van der Waals surface area contributed by atoms with Crippen molar-refractivity contribution in [3.8, 4) is 23.0 Å². The highest BCUT2D eigenvalue weighted by atomic mass is 16.2. The second-order valence-corrected chi connectivity index (χ2v) is 9.63. The van der Waals surface area contributed by atoms with E-state index in [1.165, 1.54) is 0 Å². The topological polar surface area (TPSA) is 79.0 Å². The summed E-state index contributed by atoms with van der Waals surface area (Å²) in [4.78, 5) is 28.1. The minimum atomic E-state index is -0.583. The normalized spacial score (nSPS) is 14.7. The van der Waals surface area contributed by atoms with Crippen LogP contribution in [-0.2, 0) is 16.1 Å². The standard InChI is InChI=1S/C34H24N4O2/c1-23-30(33(39)37(34(40)31(23)20-35)21-24-10-4-2-5-11-24)19-28-22-38(29-14-6-3-7-15-29)36-32(28)27-17-16-25-12-8-9-13-26(25)18-27/h2-19,22H,21H2,1H3/b30-19+. The summed E-state index contributed by atoms with van der Waals surface area (Å²) in [5.74, 6) is -1.02. The molecule has 1 aliphatic rings. The van der Waals surface area contributed by atoms with Crippen molar-refractivity contribution in [2.45, 2.75) is 13.5 Å². The molecule has 0 fully saturated rings. The van der Waals surface area contributed by atoms with Gasteiger partial charge in [0, 0.05) is 22.9 Å². The molecule has 0 radical (unpaired) electrons. The number of fused-ring (bicyclic) bond motifs is 1. The van der Waals surface area contributed by atoms with Crippen molar-refractivity contribution in [2.24, 2.45) is 0 Å². The van der Waals surface area contributed by atoms with Gasteiger partial charge in [-0.2, -0.15) is 10.4 Å². The lowest BCUT2D eigenvalue weighted by atomic mass is 9.92. The SMILES string of the molecule is CC1=C(C#N)C(=O)N(Cc2ccccc2)C(=O)/C1=C/c1cn(-c2ccccc2)nc1-c1ccc2ccccc2c1. The van der Waals surface area contributed by atoms with Gasteiger partial charge in [0.25, 0.3) is 11.8 Å². The molecule has 0 aliphatic carbocycles. The maximum absolute atomic E-state index is 13.8. The Morgan fingerprint density at radius 1 is 0.825 bits per heavy atom. The third-order valence-corrected chi connectivity index (χ3v) is 7.09. The second-order valence-electron chi connectivity index (χ2n) is 9.63. The smallest absolute Gasteiger partial charge is 0.269 e. The Labute approximate surface area is 231 Å². The summed E-state index contributed by atoms with van der Waals surface area (Å²) in [7, 11) is 0. The molecular formula is C34H24N4O2. The second kappa shape index (κ2) is 10.3. The van der Waals surface area contributed by atoms with Crippen LogP contribution in [0.2, 0.25) is 0 Å². The summed E-state index contributed by atoms with van der Waals surface area (Å²) in [5.41, 5.74) is 4.57. The number of para-hydroxylation sites is 1. The molecule has 192 valence electrons. The van der Waals surface area contributed by atoms with Crippen LogP contribution in [0, 0.1) is 11.3 Å². The van der Waals surface area contributed by atoms with Crippen LogP contribution in [0.4, 0.5) is 0 Å². The molecule has 2 heterocycles. The average molecular weight is 521 g/mol. The van der Waals surface area contributed by atoms with E-state index in [0.29, 0.717) is 22.4 Å². The zero-order valence-corrected chi connectivity index (χ0v) is 21.8. The van der Waals surface area contributed by atoms with Gasteiger partial charge in [0.05, 0.1) is 17.9 Å². The number of carbonyl (C=O) groups excluding carboxylic acids is 2. The van der Waals surface area contributed by atoms with Crippen molar-refractivity contribution in [3.05, 3.63) is 137 Å². The van der Waals surface area contributed by atoms with Crippen molar-refractivity contribution >= 4 is 28.7 Å². The molecule has 4 aromatic carbocycles. The summed E-state index contributed by atoms with van der Waals surface area (Å²) >= 11 is 0. The first-order valence-corrected chi connectivity index (χ1v) is 12.9. The molecule has 0 saturated carbocycles. The Bertz CT molecular complexity index is 1880. The van der Waals surface area contributed by atoms with E-state index in [4.69, 9.17) is 5.10 Å². The maximum atomic E-state index is 13.8. The summed E-state index contributed by atoms with van der Waals surface area (Å²) < 4.78 is 1.78. The molecule has 1 aliphatic heterocycles. The molecule has 5 aromatic rings. The van der Waals surface area contributed by atoms with Crippen LogP contribution in [0.1, 0.15) is 18.1 Å². The van der Waals surface area contributed by atoms with Gasteiger partial charge in [0.15, 0.2) is 0 Å². The summed E-state index contributed by atoms with van der Waals surface area (Å²) in [6, 6.07) is 35.3. The van der Waals surface area contributed by atoms with Gasteiger partial charge in [0.1, 0.15) is 11.6 Å². The minimum absolute atomic E-state index is 0.0375. The molecule has 6 rings (SSSR count). The molecule has 0 saturated heterocycles. The van der Waals surface area contributed by atoms with Gasteiger partial charge in [-0.15, -0.1) is 0 Å². The van der Waals surface area contributed by atoms with Crippen LogP contribution in [0.25, 0.3) is 33.8 Å². The first-order valence-electron chi connectivity index (χ1n) is 12.9. The third-order valence-electron chi connectivity index (χ3n) is 7.09. The average Bonchev–Trinajstić information content (AvgIpc) is 3.42. The molecule has 0 atom stereocenters. The number of hydrogen-bond donors (Lipinski definition) is 0. The molecule has 0 N–H and O–H groups in total. The van der Waals surface area contributed by atoms with Gasteiger partial charge < -0.3 is 0 Å². The quantitative estimate of drug-likeness (QED) is 0.196. The van der Waals surface area contributed by atoms with Crippen molar-refractivity contribution in [1.82, 2.24) is 14.7 Å². The molecule has 6 heteroatoms. The van der Waals surface area contributed by atoms with Crippen LogP contribution in [-0.4, -0.2) is 26.5 Å². The van der Waals surface area contributed by atoms with E-state index in [0.717, 1.165) is 32.5 Å². The van der Waals surface area contributed by atoms with Crippen LogP contribution >= 0.6 is 0 Å². The fourth-order valence-corrected chi connectivity index (χ4v) is 4.96. The van der Waals surface area contributed by atoms with E-state index in [2.05, 4.69) is 18.2 Å². The molecule has 1 aromatic heterocycles. The molecule has 6 nitrogen and oxygen atoms in total. The number of aromatic nitrogens is 2. The monoisotopic (exact) mass is 520 g/mol. The first kappa shape index (κ1) is 24.8. The Hall–Kier alpha value is -5.54. The van der Waals surface area contributed by atoms with Gasteiger partial charge in [0.2, 0.25) is 0 Å². The highest BCUT2D eigenvalue weighted by Crippen LogP contribution is 2.33. The maximum Gasteiger partial charge on any atom is 0.271 e. The highest BCUT2D eigenvalue weighted by molar-refractivity contribution is 6.19. The van der Waals surface area contributed by atoms with Crippen LogP contribution in [0.5, 0.6) is 0 Å². The number of amides is 2. The van der Waals surface area contributed by atoms with Gasteiger partial charge in [-0.1, -0.05) is 84.9 Å². The van der Waals surface area contributed by atoms with E-state index in [1.807, 2.05) is 97.2 Å². The number of nitrogens with zero attached hydrogens (tertiary/aromatic N) is 4. The minimum Gasteiger partial charge on any atom is -0.269 e. The molecule has 2 amide bonds. The van der Waals surface area contributed by atoms with Crippen LogP contribution in [0.15, 0.2) is 126 Å². The number of hydrogen-bond acceptors (Lipinski definition) is 4. The van der Waals surface area contributed by atoms with Crippen molar-refractivity contribution in [1.29, 1.82) is 5.26 Å². The van der Waals surface area contributed by atoms with E-state index in [9.17, 15) is 14.9 Å². The summed E-state index contributed by atoms with van der Waals surface area (Å²) in [5, 5.41) is 17.0. The van der Waals surface area contributed by atoms with Gasteiger partial charge in [-0.05, 0) is 53.1 Å². The van der Waals surface area contributed by atoms with Gasteiger partial charge >= 0.3 is 0 Å². The zero-order valence-electron chi connectivity index (χ0n) is 21.8. The fourth-order valence-electron chi connectivity index (χ4n) is 4.96. The van der Waals surface area contributed by atoms with Crippen LogP contribution < -0.4 is 0 Å². The van der Waals surface area contributed by atoms with Gasteiger partial charge in [-0.3, -0.25) is 14.5 Å². The zero-order chi connectivity index (χ0) is 27.6. The Morgan fingerprint density at radius 3 is 2.23 bits per heavy atom. The Kier molecular flexibility index (Phi) is 6.39. The van der Waals surface area contributed by atoms with E-state index in [1.54, 1.807) is 17.7 Å². The van der Waals surface area contributed by atoms with Gasteiger partial charge in [-0.25, -0.2) is 4.68 Å². The summed E-state index contributed by atoms with van der Waals surface area (Å²) in [6.07, 6.45) is 3.62. The predicted octanol–water partition coefficient (Wildman–Crippen LogP) is 6.48. The lowest BCUT2D eigenvalue weighted by molar-refractivity contribution is -0.141. The fraction of sp³-hybridized carbons (Fsp3) is 0.0588. The molecule has 0 unspecified atom stereocenters. The molecular weight excluding hydrogens is 496 g/mol. The number of nitriles is 1. The van der Waals surface area contributed by atoms with Crippen molar-refractivity contribution in [2.75, 3.05) is 0 Å². The molecule has 40 heavy (non-hydrogen) atoms.